The van der Waals surface area contributed by atoms with Gasteiger partial charge in [0.25, 0.3) is 0 Å². The minimum Gasteiger partial charge on any atom is -0.395 e. The van der Waals surface area contributed by atoms with E-state index >= 15 is 0 Å². The van der Waals surface area contributed by atoms with E-state index in [4.69, 9.17) is 9.84 Å². The van der Waals surface area contributed by atoms with E-state index in [-0.39, 0.29) is 25.0 Å². The van der Waals surface area contributed by atoms with E-state index in [1.54, 1.807) is 0 Å². The summed E-state index contributed by atoms with van der Waals surface area (Å²) in [6.45, 7) is 3.57. The molecule has 0 aliphatic carbocycles. The number of amides is 2. The monoisotopic (exact) mass is 237 g/mol. The number of hydrogen-bond acceptors (Lipinski definition) is 4. The molecule has 0 aromatic heterocycles. The molecule has 1 N–H and O–H groups in total. The van der Waals surface area contributed by atoms with E-state index < -0.39 is 23.0 Å². The van der Waals surface area contributed by atoms with Gasteiger partial charge >= 0.3 is 0 Å². The summed E-state index contributed by atoms with van der Waals surface area (Å²) in [6.07, 6.45) is 3.75. The van der Waals surface area contributed by atoms with Crippen LogP contribution in [0.15, 0.2) is 12.2 Å². The van der Waals surface area contributed by atoms with E-state index in [1.807, 2.05) is 26.0 Å². The summed E-state index contributed by atoms with van der Waals surface area (Å²) in [7, 11) is 0. The lowest BCUT2D eigenvalue weighted by Gasteiger charge is -2.24. The van der Waals surface area contributed by atoms with Crippen LogP contribution in [0.1, 0.15) is 13.8 Å². The number of rotatable bonds is 2. The van der Waals surface area contributed by atoms with Crippen LogP contribution < -0.4 is 0 Å². The van der Waals surface area contributed by atoms with Gasteiger partial charge in [0.1, 0.15) is 0 Å². The number of aliphatic hydroxyl groups is 1. The maximum Gasteiger partial charge on any atom is 0.236 e. The van der Waals surface area contributed by atoms with Gasteiger partial charge in [-0.2, -0.15) is 0 Å². The fourth-order valence-corrected chi connectivity index (χ4v) is 3.41. The predicted molar refractivity (Wildman–Crippen MR) is 57.8 cm³/mol. The van der Waals surface area contributed by atoms with E-state index in [2.05, 4.69) is 0 Å². The van der Waals surface area contributed by atoms with E-state index in [1.165, 1.54) is 4.90 Å². The molecule has 3 aliphatic heterocycles. The number of imide groups is 1. The second-order valence-corrected chi connectivity index (χ2v) is 5.31. The van der Waals surface area contributed by atoms with Crippen molar-refractivity contribution < 1.29 is 19.4 Å². The Kier molecular flexibility index (Phi) is 1.91. The van der Waals surface area contributed by atoms with Crippen molar-refractivity contribution in [3.63, 3.8) is 0 Å². The average Bonchev–Trinajstić information content (AvgIpc) is 2.78. The summed E-state index contributed by atoms with van der Waals surface area (Å²) in [6, 6.07) is 0. The van der Waals surface area contributed by atoms with Gasteiger partial charge < -0.3 is 9.84 Å². The molecule has 2 amide bonds. The highest BCUT2D eigenvalue weighted by Gasteiger charge is 2.70. The second kappa shape index (κ2) is 2.97. The highest BCUT2D eigenvalue weighted by molar-refractivity contribution is 6.07. The summed E-state index contributed by atoms with van der Waals surface area (Å²) in [5.41, 5.74) is -1.34. The normalized spacial score (nSPS) is 47.1. The maximum absolute atomic E-state index is 12.2. The van der Waals surface area contributed by atoms with Crippen molar-refractivity contribution in [1.82, 2.24) is 4.90 Å². The van der Waals surface area contributed by atoms with Crippen LogP contribution >= 0.6 is 0 Å². The molecule has 0 saturated carbocycles. The van der Waals surface area contributed by atoms with Gasteiger partial charge in [-0.15, -0.1) is 0 Å². The summed E-state index contributed by atoms with van der Waals surface area (Å²) in [5, 5.41) is 8.91. The fourth-order valence-electron chi connectivity index (χ4n) is 3.41. The largest absolute Gasteiger partial charge is 0.395 e. The van der Waals surface area contributed by atoms with E-state index in [0.29, 0.717) is 0 Å². The first-order chi connectivity index (χ1) is 7.93. The number of β-amino-alcohol motifs (C(OH)–C–C–N with tert-alkyl or cyclic N) is 1. The lowest BCUT2D eigenvalue weighted by molar-refractivity contribution is -0.146. The van der Waals surface area contributed by atoms with Crippen LogP contribution in [0.5, 0.6) is 0 Å². The number of carbonyl (C=O) groups excluding carboxylic acids is 2. The minimum absolute atomic E-state index is 0.0802. The van der Waals surface area contributed by atoms with Gasteiger partial charge in [-0.05, 0) is 13.8 Å². The minimum atomic E-state index is -0.670. The van der Waals surface area contributed by atoms with Crippen LogP contribution in [-0.2, 0) is 14.3 Å². The molecule has 3 heterocycles. The smallest absolute Gasteiger partial charge is 0.236 e. The van der Waals surface area contributed by atoms with Gasteiger partial charge in [0.05, 0.1) is 36.2 Å². The van der Waals surface area contributed by atoms with Gasteiger partial charge in [-0.1, -0.05) is 12.2 Å². The molecular weight excluding hydrogens is 222 g/mol. The number of fused-ring (bicyclic) bond motifs is 5. The third-order valence-electron chi connectivity index (χ3n) is 4.14. The topological polar surface area (TPSA) is 66.8 Å². The molecule has 3 aliphatic rings. The number of aliphatic hydroxyl groups excluding tert-OH is 1. The molecule has 5 nitrogen and oxygen atoms in total. The number of nitrogens with zero attached hydrogens (tertiary/aromatic N) is 1. The van der Waals surface area contributed by atoms with Crippen LogP contribution in [0.4, 0.5) is 0 Å². The Balaban J connectivity index is 2.04. The first-order valence-corrected chi connectivity index (χ1v) is 5.79. The molecule has 5 heteroatoms. The standard InChI is InChI=1S/C12H15NO4/c1-11-3-4-12(2,17-11)8-7(11)9(15)13(5-6-14)10(8)16/h3-4,7-8,14H,5-6H2,1-2H3/t7-,8+,11-,12+. The first-order valence-electron chi connectivity index (χ1n) is 5.79. The summed E-state index contributed by atoms with van der Waals surface area (Å²) < 4.78 is 5.84. The Morgan fingerprint density at radius 3 is 2.12 bits per heavy atom. The third-order valence-corrected chi connectivity index (χ3v) is 4.14. The Morgan fingerprint density at radius 2 is 1.71 bits per heavy atom. The fraction of sp³-hybridized carbons (Fsp3) is 0.667. The highest BCUT2D eigenvalue weighted by Crippen LogP contribution is 2.56. The van der Waals surface area contributed by atoms with Crippen LogP contribution in [0, 0.1) is 11.8 Å². The van der Waals surface area contributed by atoms with Gasteiger partial charge in [-0.3, -0.25) is 14.5 Å². The van der Waals surface area contributed by atoms with Crippen LogP contribution in [-0.4, -0.2) is 46.2 Å². The van der Waals surface area contributed by atoms with E-state index in [9.17, 15) is 9.59 Å². The lowest BCUT2D eigenvalue weighted by atomic mass is 9.73. The maximum atomic E-state index is 12.2. The summed E-state index contributed by atoms with van der Waals surface area (Å²) in [4.78, 5) is 25.6. The van der Waals surface area contributed by atoms with Crippen molar-refractivity contribution in [3.8, 4) is 0 Å². The van der Waals surface area contributed by atoms with Crippen LogP contribution in [0.25, 0.3) is 0 Å². The van der Waals surface area contributed by atoms with Crippen molar-refractivity contribution >= 4 is 11.8 Å². The van der Waals surface area contributed by atoms with Crippen molar-refractivity contribution in [2.24, 2.45) is 11.8 Å². The van der Waals surface area contributed by atoms with Crippen LogP contribution in [0.3, 0.4) is 0 Å². The highest BCUT2D eigenvalue weighted by atomic mass is 16.5. The zero-order chi connectivity index (χ0) is 12.4. The molecular formula is C12H15NO4. The summed E-state index contributed by atoms with van der Waals surface area (Å²) >= 11 is 0. The number of likely N-dealkylation sites (tertiary alicyclic amines) is 1. The predicted octanol–water partition coefficient (Wildman–Crippen LogP) is -0.303. The second-order valence-electron chi connectivity index (χ2n) is 5.31. The Bertz CT molecular complexity index is 410. The quantitative estimate of drug-likeness (QED) is 0.529. The zero-order valence-electron chi connectivity index (χ0n) is 9.84. The van der Waals surface area contributed by atoms with Gasteiger partial charge in [0, 0.05) is 0 Å². The Labute approximate surface area is 99.0 Å². The molecule has 0 aromatic carbocycles. The summed E-state index contributed by atoms with van der Waals surface area (Å²) in [5.74, 6) is -1.30. The molecule has 0 aromatic rings. The Morgan fingerprint density at radius 1 is 1.24 bits per heavy atom. The molecule has 4 atom stereocenters. The van der Waals surface area contributed by atoms with Gasteiger partial charge in [0.2, 0.25) is 11.8 Å². The van der Waals surface area contributed by atoms with Crippen molar-refractivity contribution in [3.05, 3.63) is 12.2 Å². The number of hydrogen-bond donors (Lipinski definition) is 1. The first kappa shape index (κ1) is 10.9. The van der Waals surface area contributed by atoms with Crippen LogP contribution in [0.2, 0.25) is 0 Å². The van der Waals surface area contributed by atoms with Gasteiger partial charge in [0.15, 0.2) is 0 Å². The number of carbonyl (C=O) groups is 2. The van der Waals surface area contributed by atoms with Crippen molar-refractivity contribution in [2.45, 2.75) is 25.0 Å². The van der Waals surface area contributed by atoms with E-state index in [0.717, 1.165) is 0 Å². The van der Waals surface area contributed by atoms with Gasteiger partial charge in [-0.25, -0.2) is 0 Å². The molecule has 2 fully saturated rings. The van der Waals surface area contributed by atoms with Crippen molar-refractivity contribution in [1.29, 1.82) is 0 Å². The molecule has 0 spiro atoms. The molecule has 92 valence electrons. The Hall–Kier alpha value is -1.20. The number of ether oxygens (including phenoxy) is 1. The SMILES string of the molecule is C[C@]12C=C[C@](C)(O1)[C@@H]1C(=O)N(CCO)C(=O)[C@@H]12. The lowest BCUT2D eigenvalue weighted by Crippen LogP contribution is -2.40. The molecule has 0 unspecified atom stereocenters. The molecule has 2 bridgehead atoms. The molecule has 17 heavy (non-hydrogen) atoms. The van der Waals surface area contributed by atoms with Crippen molar-refractivity contribution in [2.75, 3.05) is 13.2 Å². The zero-order valence-corrected chi connectivity index (χ0v) is 9.84. The molecule has 3 rings (SSSR count). The molecule has 2 saturated heterocycles. The average molecular weight is 237 g/mol. The molecule has 0 radical (unpaired) electrons. The third kappa shape index (κ3) is 1.11.